The summed E-state index contributed by atoms with van der Waals surface area (Å²) in [6.45, 7) is 0.0976. The minimum Gasteiger partial charge on any atom is -0.394 e. The summed E-state index contributed by atoms with van der Waals surface area (Å²) in [5.41, 5.74) is 5.68. The van der Waals surface area contributed by atoms with E-state index in [1.165, 1.54) is 4.90 Å². The van der Waals surface area contributed by atoms with Crippen LogP contribution in [0.15, 0.2) is 29.4 Å². The second kappa shape index (κ2) is 4.51. The number of aromatic nitrogens is 1. The van der Waals surface area contributed by atoms with Crippen molar-refractivity contribution in [1.29, 1.82) is 0 Å². The molecule has 0 aliphatic heterocycles. The SMILES string of the molecule is NC1(CO)CCC(Sc2ccncc2)C1. The van der Waals surface area contributed by atoms with Crippen LogP contribution in [0.4, 0.5) is 0 Å². The Hall–Kier alpha value is -0.580. The van der Waals surface area contributed by atoms with E-state index in [1.807, 2.05) is 23.9 Å². The zero-order valence-corrected chi connectivity index (χ0v) is 9.41. The molecule has 1 heterocycles. The van der Waals surface area contributed by atoms with Crippen LogP contribution in [0.25, 0.3) is 0 Å². The van der Waals surface area contributed by atoms with Crippen molar-refractivity contribution >= 4 is 11.8 Å². The van der Waals surface area contributed by atoms with Crippen molar-refractivity contribution in [3.05, 3.63) is 24.5 Å². The number of aliphatic hydroxyl groups excluding tert-OH is 1. The highest BCUT2D eigenvalue weighted by molar-refractivity contribution is 8.00. The van der Waals surface area contributed by atoms with Crippen molar-refractivity contribution in [2.24, 2.45) is 5.73 Å². The maximum atomic E-state index is 9.16. The summed E-state index contributed by atoms with van der Waals surface area (Å²) >= 11 is 1.84. The lowest BCUT2D eigenvalue weighted by atomic mass is 10.0. The maximum Gasteiger partial charge on any atom is 0.0611 e. The molecule has 2 unspecified atom stereocenters. The van der Waals surface area contributed by atoms with Gasteiger partial charge in [-0.2, -0.15) is 0 Å². The first kappa shape index (κ1) is 10.9. The van der Waals surface area contributed by atoms with Crippen LogP contribution in [-0.2, 0) is 0 Å². The molecule has 1 fully saturated rings. The fourth-order valence-electron chi connectivity index (χ4n) is 1.96. The van der Waals surface area contributed by atoms with Gasteiger partial charge in [0.2, 0.25) is 0 Å². The number of hydrogen-bond acceptors (Lipinski definition) is 4. The van der Waals surface area contributed by atoms with Crippen molar-refractivity contribution in [2.75, 3.05) is 6.61 Å². The van der Waals surface area contributed by atoms with Gasteiger partial charge in [0.15, 0.2) is 0 Å². The lowest BCUT2D eigenvalue weighted by molar-refractivity contribution is 0.200. The Balaban J connectivity index is 1.93. The highest BCUT2D eigenvalue weighted by Gasteiger charge is 2.35. The topological polar surface area (TPSA) is 59.1 Å². The molecule has 3 nitrogen and oxygen atoms in total. The smallest absolute Gasteiger partial charge is 0.0611 e. The van der Waals surface area contributed by atoms with Crippen LogP contribution in [0.2, 0.25) is 0 Å². The van der Waals surface area contributed by atoms with Crippen LogP contribution in [-0.4, -0.2) is 27.5 Å². The second-order valence-corrected chi connectivity index (χ2v) is 5.56. The summed E-state index contributed by atoms with van der Waals surface area (Å²) in [4.78, 5) is 5.22. The molecule has 0 radical (unpaired) electrons. The van der Waals surface area contributed by atoms with Crippen LogP contribution in [0.5, 0.6) is 0 Å². The number of rotatable bonds is 3. The van der Waals surface area contributed by atoms with Gasteiger partial charge in [0.25, 0.3) is 0 Å². The van der Waals surface area contributed by atoms with Gasteiger partial charge in [-0.25, -0.2) is 0 Å². The molecule has 1 aromatic heterocycles. The molecule has 1 saturated carbocycles. The van der Waals surface area contributed by atoms with Crippen molar-refractivity contribution in [3.63, 3.8) is 0 Å². The summed E-state index contributed by atoms with van der Waals surface area (Å²) in [5.74, 6) is 0. The van der Waals surface area contributed by atoms with E-state index in [1.54, 1.807) is 12.4 Å². The summed E-state index contributed by atoms with van der Waals surface area (Å²) in [6.07, 6.45) is 6.52. The summed E-state index contributed by atoms with van der Waals surface area (Å²) in [6, 6.07) is 4.03. The monoisotopic (exact) mass is 224 g/mol. The first-order valence-corrected chi connectivity index (χ1v) is 6.06. The highest BCUT2D eigenvalue weighted by atomic mass is 32.2. The van der Waals surface area contributed by atoms with Crippen LogP contribution in [0.1, 0.15) is 19.3 Å². The molecule has 3 N–H and O–H groups in total. The highest BCUT2D eigenvalue weighted by Crippen LogP contribution is 2.38. The van der Waals surface area contributed by atoms with Crippen LogP contribution < -0.4 is 5.73 Å². The molecule has 0 aromatic carbocycles. The Morgan fingerprint density at radius 1 is 1.53 bits per heavy atom. The average Bonchev–Trinajstić information content (AvgIpc) is 2.63. The molecule has 4 heteroatoms. The molecule has 0 bridgehead atoms. The molecular weight excluding hydrogens is 208 g/mol. The summed E-state index contributed by atoms with van der Waals surface area (Å²) in [7, 11) is 0. The number of aliphatic hydroxyl groups is 1. The van der Waals surface area contributed by atoms with Crippen molar-refractivity contribution in [2.45, 2.75) is 34.9 Å². The molecule has 0 spiro atoms. The van der Waals surface area contributed by atoms with Gasteiger partial charge >= 0.3 is 0 Å². The number of thioether (sulfide) groups is 1. The molecule has 1 aromatic rings. The molecular formula is C11H16N2OS. The minimum atomic E-state index is -0.343. The molecule has 0 amide bonds. The first-order valence-electron chi connectivity index (χ1n) is 5.18. The minimum absolute atomic E-state index is 0.0976. The van der Waals surface area contributed by atoms with E-state index < -0.39 is 0 Å². The third-order valence-electron chi connectivity index (χ3n) is 2.87. The van der Waals surface area contributed by atoms with Gasteiger partial charge in [-0.1, -0.05) is 0 Å². The van der Waals surface area contributed by atoms with Crippen LogP contribution in [0.3, 0.4) is 0 Å². The fraction of sp³-hybridized carbons (Fsp3) is 0.545. The predicted octanol–water partition coefficient (Wildman–Crippen LogP) is 1.42. The average molecular weight is 224 g/mol. The largest absolute Gasteiger partial charge is 0.394 e. The van der Waals surface area contributed by atoms with Gasteiger partial charge in [-0.05, 0) is 31.4 Å². The van der Waals surface area contributed by atoms with Gasteiger partial charge in [0.1, 0.15) is 0 Å². The van der Waals surface area contributed by atoms with Gasteiger partial charge in [-0.3, -0.25) is 4.98 Å². The Morgan fingerprint density at radius 3 is 2.87 bits per heavy atom. The maximum absolute atomic E-state index is 9.16. The fourth-order valence-corrected chi connectivity index (χ4v) is 3.27. The first-order chi connectivity index (χ1) is 7.22. The quantitative estimate of drug-likeness (QED) is 0.815. The Bertz CT molecular complexity index is 320. The summed E-state index contributed by atoms with van der Waals surface area (Å²) < 4.78 is 0. The van der Waals surface area contributed by atoms with Crippen molar-refractivity contribution in [1.82, 2.24) is 4.98 Å². The standard InChI is InChI=1S/C11H16N2OS/c12-11(8-14)4-1-10(7-11)15-9-2-5-13-6-3-9/h2-3,5-6,10,14H,1,4,7-8,12H2. The second-order valence-electron chi connectivity index (χ2n) is 4.19. The zero-order chi connectivity index (χ0) is 10.7. The number of hydrogen-bond donors (Lipinski definition) is 2. The van der Waals surface area contributed by atoms with Crippen LogP contribution >= 0.6 is 11.8 Å². The Morgan fingerprint density at radius 2 is 2.27 bits per heavy atom. The number of nitrogens with zero attached hydrogens (tertiary/aromatic N) is 1. The van der Waals surface area contributed by atoms with E-state index in [2.05, 4.69) is 4.98 Å². The third-order valence-corrected chi connectivity index (χ3v) is 4.15. The summed E-state index contributed by atoms with van der Waals surface area (Å²) in [5, 5.41) is 9.70. The normalized spacial score (nSPS) is 30.7. The molecule has 2 rings (SSSR count). The van der Waals surface area contributed by atoms with E-state index in [0.717, 1.165) is 19.3 Å². The van der Waals surface area contributed by atoms with E-state index >= 15 is 0 Å². The van der Waals surface area contributed by atoms with Crippen LogP contribution in [0, 0.1) is 0 Å². The predicted molar refractivity (Wildman–Crippen MR) is 61.7 cm³/mol. The Kier molecular flexibility index (Phi) is 3.29. The number of pyridine rings is 1. The van der Waals surface area contributed by atoms with E-state index in [4.69, 9.17) is 10.8 Å². The zero-order valence-electron chi connectivity index (χ0n) is 8.60. The van der Waals surface area contributed by atoms with Gasteiger partial charge in [0.05, 0.1) is 6.61 Å². The van der Waals surface area contributed by atoms with Crippen molar-refractivity contribution in [3.8, 4) is 0 Å². The van der Waals surface area contributed by atoms with E-state index in [9.17, 15) is 0 Å². The van der Waals surface area contributed by atoms with Crippen molar-refractivity contribution < 1.29 is 5.11 Å². The van der Waals surface area contributed by atoms with Gasteiger partial charge < -0.3 is 10.8 Å². The molecule has 2 atom stereocenters. The van der Waals surface area contributed by atoms with Gasteiger partial charge in [0, 0.05) is 28.1 Å². The molecule has 82 valence electrons. The lowest BCUT2D eigenvalue weighted by Gasteiger charge is -2.20. The molecule has 1 aliphatic rings. The molecule has 15 heavy (non-hydrogen) atoms. The number of nitrogens with two attached hydrogens (primary N) is 1. The van der Waals surface area contributed by atoms with E-state index in [0.29, 0.717) is 5.25 Å². The van der Waals surface area contributed by atoms with E-state index in [-0.39, 0.29) is 12.1 Å². The molecule has 0 saturated heterocycles. The van der Waals surface area contributed by atoms with Gasteiger partial charge in [-0.15, -0.1) is 11.8 Å². The Labute approximate surface area is 94.1 Å². The molecule has 1 aliphatic carbocycles. The lowest BCUT2D eigenvalue weighted by Crippen LogP contribution is -2.40. The third kappa shape index (κ3) is 2.71.